The van der Waals surface area contributed by atoms with Gasteiger partial charge in [0, 0.05) is 12.5 Å². The third-order valence-corrected chi connectivity index (χ3v) is 4.23. The van der Waals surface area contributed by atoms with E-state index in [4.69, 9.17) is 20.9 Å². The zero-order valence-electron chi connectivity index (χ0n) is 11.5. The largest absolute Gasteiger partial charge is 0.496 e. The molecule has 0 bridgehead atoms. The molecule has 3 nitrogen and oxygen atoms in total. The second-order valence-corrected chi connectivity index (χ2v) is 5.92. The minimum Gasteiger partial charge on any atom is -0.399 e. The van der Waals surface area contributed by atoms with Gasteiger partial charge in [0.15, 0.2) is 0 Å². The molecule has 18 heavy (non-hydrogen) atoms. The van der Waals surface area contributed by atoms with Gasteiger partial charge in [0.1, 0.15) is 0 Å². The van der Waals surface area contributed by atoms with Gasteiger partial charge in [0.25, 0.3) is 0 Å². The Kier molecular flexibility index (Phi) is 3.39. The number of benzene rings is 1. The van der Waals surface area contributed by atoms with Gasteiger partial charge in [-0.15, -0.1) is 0 Å². The van der Waals surface area contributed by atoms with E-state index in [0.717, 1.165) is 11.2 Å². The lowest BCUT2D eigenvalue weighted by Crippen LogP contribution is -2.41. The number of rotatable bonds is 2. The third kappa shape index (κ3) is 2.13. The Morgan fingerprint density at radius 1 is 1.11 bits per heavy atom. The first-order valence-electron chi connectivity index (χ1n) is 6.10. The molecule has 1 aliphatic heterocycles. The standard InChI is InChI=1S/C13H19BClNO2/c1-12(2)13(3,4)18-14(17-12)9-7-6-8-10(16-5)11(9)15/h6-8,16H,1-5H3. The lowest BCUT2D eigenvalue weighted by atomic mass is 9.79. The molecule has 1 aromatic carbocycles. The predicted octanol–water partition coefficient (Wildman–Crippen LogP) is 2.68. The summed E-state index contributed by atoms with van der Waals surface area (Å²) in [6.45, 7) is 8.12. The van der Waals surface area contributed by atoms with Gasteiger partial charge in [0.2, 0.25) is 0 Å². The third-order valence-electron chi connectivity index (χ3n) is 3.81. The maximum absolute atomic E-state index is 6.35. The fraction of sp³-hybridized carbons (Fsp3) is 0.538. The molecule has 1 aromatic rings. The number of anilines is 1. The van der Waals surface area contributed by atoms with Crippen molar-refractivity contribution in [1.82, 2.24) is 0 Å². The molecule has 1 N–H and O–H groups in total. The van der Waals surface area contributed by atoms with Crippen LogP contribution in [0.4, 0.5) is 5.69 Å². The zero-order chi connectivity index (χ0) is 13.6. The SMILES string of the molecule is CNc1cccc(B2OC(C)(C)C(C)(C)O2)c1Cl. The predicted molar refractivity (Wildman–Crippen MR) is 76.7 cm³/mol. The van der Waals surface area contributed by atoms with Crippen molar-refractivity contribution in [1.29, 1.82) is 0 Å². The minimum absolute atomic E-state index is 0.351. The van der Waals surface area contributed by atoms with E-state index in [1.165, 1.54) is 0 Å². The van der Waals surface area contributed by atoms with Crippen molar-refractivity contribution in [3.8, 4) is 0 Å². The van der Waals surface area contributed by atoms with Crippen LogP contribution < -0.4 is 10.8 Å². The Morgan fingerprint density at radius 2 is 1.67 bits per heavy atom. The lowest BCUT2D eigenvalue weighted by Gasteiger charge is -2.32. The van der Waals surface area contributed by atoms with Crippen LogP contribution >= 0.6 is 11.6 Å². The van der Waals surface area contributed by atoms with Crippen LogP contribution in [0.15, 0.2) is 18.2 Å². The monoisotopic (exact) mass is 267 g/mol. The van der Waals surface area contributed by atoms with E-state index in [1.807, 2.05) is 52.9 Å². The molecule has 1 aliphatic rings. The van der Waals surface area contributed by atoms with Crippen LogP contribution in [0.25, 0.3) is 0 Å². The molecule has 0 radical (unpaired) electrons. The molecule has 0 aromatic heterocycles. The van der Waals surface area contributed by atoms with Crippen molar-refractivity contribution in [2.75, 3.05) is 12.4 Å². The van der Waals surface area contributed by atoms with Gasteiger partial charge in [-0.1, -0.05) is 23.7 Å². The van der Waals surface area contributed by atoms with Crippen LogP contribution in [-0.2, 0) is 9.31 Å². The first-order chi connectivity index (χ1) is 8.28. The van der Waals surface area contributed by atoms with E-state index in [9.17, 15) is 0 Å². The Hall–Kier alpha value is -0.705. The summed E-state index contributed by atoms with van der Waals surface area (Å²) in [4.78, 5) is 0. The van der Waals surface area contributed by atoms with Gasteiger partial charge in [-0.05, 0) is 33.8 Å². The van der Waals surface area contributed by atoms with Gasteiger partial charge in [-0.3, -0.25) is 0 Å². The highest BCUT2D eigenvalue weighted by molar-refractivity contribution is 6.66. The fourth-order valence-corrected chi connectivity index (χ4v) is 2.20. The van der Waals surface area contributed by atoms with Crippen molar-refractivity contribution >= 4 is 29.9 Å². The fourth-order valence-electron chi connectivity index (χ4n) is 1.89. The Labute approximate surface area is 114 Å². The number of hydrogen-bond acceptors (Lipinski definition) is 3. The van der Waals surface area contributed by atoms with E-state index in [1.54, 1.807) is 0 Å². The molecule has 0 atom stereocenters. The highest BCUT2D eigenvalue weighted by Gasteiger charge is 2.52. The van der Waals surface area contributed by atoms with Gasteiger partial charge < -0.3 is 14.6 Å². The van der Waals surface area contributed by atoms with Crippen LogP contribution in [0, 0.1) is 0 Å². The number of hydrogen-bond donors (Lipinski definition) is 1. The lowest BCUT2D eigenvalue weighted by molar-refractivity contribution is 0.00578. The van der Waals surface area contributed by atoms with Crippen LogP contribution in [0.5, 0.6) is 0 Å². The number of nitrogens with one attached hydrogen (secondary N) is 1. The van der Waals surface area contributed by atoms with Gasteiger partial charge in [-0.25, -0.2) is 0 Å². The summed E-state index contributed by atoms with van der Waals surface area (Å²) in [5.74, 6) is 0. The van der Waals surface area contributed by atoms with Crippen molar-refractivity contribution in [3.63, 3.8) is 0 Å². The summed E-state index contributed by atoms with van der Waals surface area (Å²) in [5, 5.41) is 3.71. The molecule has 5 heteroatoms. The Morgan fingerprint density at radius 3 is 2.17 bits per heavy atom. The van der Waals surface area contributed by atoms with Crippen LogP contribution in [0.3, 0.4) is 0 Å². The first-order valence-corrected chi connectivity index (χ1v) is 6.48. The highest BCUT2D eigenvalue weighted by Crippen LogP contribution is 2.37. The molecule has 98 valence electrons. The summed E-state index contributed by atoms with van der Waals surface area (Å²) in [6, 6.07) is 5.81. The molecular weight excluding hydrogens is 248 g/mol. The summed E-state index contributed by atoms with van der Waals surface area (Å²) >= 11 is 6.35. The molecule has 0 amide bonds. The molecule has 0 unspecified atom stereocenters. The molecule has 2 rings (SSSR count). The van der Waals surface area contributed by atoms with Gasteiger partial charge in [0.05, 0.1) is 21.9 Å². The second-order valence-electron chi connectivity index (χ2n) is 5.55. The normalized spacial score (nSPS) is 21.1. The van der Waals surface area contributed by atoms with E-state index >= 15 is 0 Å². The summed E-state index contributed by atoms with van der Waals surface area (Å²) < 4.78 is 12.0. The Balaban J connectivity index is 2.35. The zero-order valence-corrected chi connectivity index (χ0v) is 12.3. The summed E-state index contributed by atoms with van der Waals surface area (Å²) in [7, 11) is 1.42. The summed E-state index contributed by atoms with van der Waals surface area (Å²) in [5.41, 5.74) is 1.04. The van der Waals surface area contributed by atoms with Crippen molar-refractivity contribution in [2.45, 2.75) is 38.9 Å². The highest BCUT2D eigenvalue weighted by atomic mass is 35.5. The first kappa shape index (κ1) is 13.7. The molecule has 1 fully saturated rings. The van der Waals surface area contributed by atoms with E-state index < -0.39 is 7.12 Å². The molecular formula is C13H19BClNO2. The van der Waals surface area contributed by atoms with Crippen molar-refractivity contribution in [2.24, 2.45) is 0 Å². The van der Waals surface area contributed by atoms with Crippen molar-refractivity contribution < 1.29 is 9.31 Å². The molecule has 1 saturated heterocycles. The average Bonchev–Trinajstić information content (AvgIpc) is 2.48. The summed E-state index contributed by atoms with van der Waals surface area (Å²) in [6.07, 6.45) is 0. The van der Waals surface area contributed by atoms with E-state index in [0.29, 0.717) is 5.02 Å². The Bertz CT molecular complexity index is 446. The quantitative estimate of drug-likeness (QED) is 0.836. The van der Waals surface area contributed by atoms with Crippen LogP contribution in [0.2, 0.25) is 5.02 Å². The maximum atomic E-state index is 6.35. The smallest absolute Gasteiger partial charge is 0.399 e. The number of halogens is 1. The molecule has 1 heterocycles. The molecule has 0 saturated carbocycles. The van der Waals surface area contributed by atoms with Gasteiger partial charge in [-0.2, -0.15) is 0 Å². The van der Waals surface area contributed by atoms with E-state index in [-0.39, 0.29) is 11.2 Å². The van der Waals surface area contributed by atoms with Gasteiger partial charge >= 0.3 is 7.12 Å². The average molecular weight is 268 g/mol. The molecule has 0 aliphatic carbocycles. The topological polar surface area (TPSA) is 30.5 Å². The second kappa shape index (κ2) is 4.44. The molecule has 0 spiro atoms. The van der Waals surface area contributed by atoms with E-state index in [2.05, 4.69) is 5.32 Å². The van der Waals surface area contributed by atoms with Crippen LogP contribution in [0.1, 0.15) is 27.7 Å². The minimum atomic E-state index is -0.421. The van der Waals surface area contributed by atoms with Crippen LogP contribution in [-0.4, -0.2) is 25.4 Å². The maximum Gasteiger partial charge on any atom is 0.496 e. The van der Waals surface area contributed by atoms with Crippen molar-refractivity contribution in [3.05, 3.63) is 23.2 Å².